The third-order valence-corrected chi connectivity index (χ3v) is 4.77. The molecule has 9 nitrogen and oxygen atoms in total. The first-order chi connectivity index (χ1) is 15.0. The van der Waals surface area contributed by atoms with Crippen LogP contribution in [0.3, 0.4) is 0 Å². The maximum absolute atomic E-state index is 12.9. The van der Waals surface area contributed by atoms with E-state index in [0.717, 1.165) is 4.68 Å². The van der Waals surface area contributed by atoms with Gasteiger partial charge in [0.25, 0.3) is 5.56 Å². The van der Waals surface area contributed by atoms with Gasteiger partial charge in [-0.2, -0.15) is 5.10 Å². The predicted molar refractivity (Wildman–Crippen MR) is 114 cm³/mol. The number of nitrogens with one attached hydrogen (secondary N) is 1. The van der Waals surface area contributed by atoms with Gasteiger partial charge in [-0.25, -0.2) is 4.68 Å². The second-order valence-electron chi connectivity index (χ2n) is 6.78. The van der Waals surface area contributed by atoms with E-state index in [4.69, 9.17) is 14.0 Å². The third kappa shape index (κ3) is 3.97. The summed E-state index contributed by atoms with van der Waals surface area (Å²) in [6, 6.07) is 14.1. The van der Waals surface area contributed by atoms with Gasteiger partial charge in [0.1, 0.15) is 29.5 Å². The van der Waals surface area contributed by atoms with Crippen LogP contribution in [0, 0.1) is 6.92 Å². The summed E-state index contributed by atoms with van der Waals surface area (Å²) in [4.78, 5) is 25.4. The normalized spacial score (nSPS) is 10.8. The van der Waals surface area contributed by atoms with E-state index in [2.05, 4.69) is 15.6 Å². The summed E-state index contributed by atoms with van der Waals surface area (Å²) >= 11 is 0. The van der Waals surface area contributed by atoms with E-state index in [0.29, 0.717) is 39.6 Å². The Morgan fingerprint density at radius 2 is 1.84 bits per heavy atom. The molecular formula is C22H20N4O5. The van der Waals surface area contributed by atoms with Crippen LogP contribution in [0.1, 0.15) is 5.76 Å². The molecule has 0 aliphatic heterocycles. The van der Waals surface area contributed by atoms with Gasteiger partial charge in [-0.3, -0.25) is 9.59 Å². The van der Waals surface area contributed by atoms with Crippen molar-refractivity contribution in [1.29, 1.82) is 0 Å². The number of carbonyl (C=O) groups is 1. The molecule has 9 heteroatoms. The molecule has 1 N–H and O–H groups in total. The van der Waals surface area contributed by atoms with Crippen molar-refractivity contribution in [3.63, 3.8) is 0 Å². The molecule has 0 spiro atoms. The Bertz CT molecular complexity index is 1310. The van der Waals surface area contributed by atoms with Crippen molar-refractivity contribution in [3.8, 4) is 22.8 Å². The van der Waals surface area contributed by atoms with Gasteiger partial charge in [-0.05, 0) is 43.3 Å². The van der Waals surface area contributed by atoms with Crippen LogP contribution in [0.15, 0.2) is 57.8 Å². The summed E-state index contributed by atoms with van der Waals surface area (Å²) in [5.74, 6) is 1.37. The molecule has 0 aliphatic rings. The number of anilines is 1. The number of benzene rings is 2. The van der Waals surface area contributed by atoms with E-state index in [9.17, 15) is 9.59 Å². The molecule has 0 saturated heterocycles. The number of rotatable bonds is 6. The molecule has 2 aromatic heterocycles. The van der Waals surface area contributed by atoms with E-state index >= 15 is 0 Å². The maximum atomic E-state index is 12.9. The van der Waals surface area contributed by atoms with Crippen molar-refractivity contribution in [1.82, 2.24) is 14.9 Å². The standard InChI is InChI=1S/C22H20N4O5/c1-13-19-20(14-5-4-6-17(11-14)30-3)24-26(22(28)21(19)25-31-13)12-18(27)23-15-7-9-16(29-2)10-8-15/h4-11H,12H2,1-3H3,(H,23,27). The van der Waals surface area contributed by atoms with Gasteiger partial charge in [0, 0.05) is 11.3 Å². The third-order valence-electron chi connectivity index (χ3n) is 4.77. The van der Waals surface area contributed by atoms with Crippen LogP contribution in [0.2, 0.25) is 0 Å². The van der Waals surface area contributed by atoms with Gasteiger partial charge >= 0.3 is 0 Å². The first-order valence-electron chi connectivity index (χ1n) is 9.45. The molecule has 0 unspecified atom stereocenters. The summed E-state index contributed by atoms with van der Waals surface area (Å²) in [6.45, 7) is 1.42. The molecule has 0 fully saturated rings. The van der Waals surface area contributed by atoms with Crippen LogP contribution in [-0.2, 0) is 11.3 Å². The molecule has 1 amide bonds. The zero-order chi connectivity index (χ0) is 22.0. The average molecular weight is 420 g/mol. The molecule has 0 radical (unpaired) electrons. The lowest BCUT2D eigenvalue weighted by molar-refractivity contribution is -0.117. The lowest BCUT2D eigenvalue weighted by Gasteiger charge is -2.10. The number of nitrogens with zero attached hydrogens (tertiary/aromatic N) is 3. The number of methoxy groups -OCH3 is 2. The number of hydrogen-bond acceptors (Lipinski definition) is 7. The minimum absolute atomic E-state index is 0.113. The van der Waals surface area contributed by atoms with Crippen LogP contribution >= 0.6 is 0 Å². The van der Waals surface area contributed by atoms with Crippen molar-refractivity contribution in [2.45, 2.75) is 13.5 Å². The largest absolute Gasteiger partial charge is 0.497 e. The molecule has 158 valence electrons. The maximum Gasteiger partial charge on any atom is 0.297 e. The Hall–Kier alpha value is -4.14. The average Bonchev–Trinajstić information content (AvgIpc) is 3.18. The number of hydrogen-bond donors (Lipinski definition) is 1. The number of ether oxygens (including phenoxy) is 2. The summed E-state index contributed by atoms with van der Waals surface area (Å²) < 4.78 is 16.7. The van der Waals surface area contributed by atoms with Gasteiger partial charge < -0.3 is 19.3 Å². The number of carbonyl (C=O) groups excluding carboxylic acids is 1. The summed E-state index contributed by atoms with van der Waals surface area (Å²) in [7, 11) is 3.13. The first-order valence-corrected chi connectivity index (χ1v) is 9.45. The van der Waals surface area contributed by atoms with Gasteiger partial charge in [-0.1, -0.05) is 17.3 Å². The van der Waals surface area contributed by atoms with E-state index in [1.54, 1.807) is 57.5 Å². The van der Waals surface area contributed by atoms with Crippen molar-refractivity contribution in [2.75, 3.05) is 19.5 Å². The minimum atomic E-state index is -0.511. The second-order valence-corrected chi connectivity index (χ2v) is 6.78. The molecule has 0 bridgehead atoms. The summed E-state index contributed by atoms with van der Waals surface area (Å²) in [5.41, 5.74) is 1.36. The Morgan fingerprint density at radius 1 is 1.10 bits per heavy atom. The van der Waals surface area contributed by atoms with Gasteiger partial charge in [0.2, 0.25) is 5.91 Å². The lowest BCUT2D eigenvalue weighted by atomic mass is 10.1. The van der Waals surface area contributed by atoms with Gasteiger partial charge in [0.15, 0.2) is 5.52 Å². The van der Waals surface area contributed by atoms with Crippen molar-refractivity contribution < 1.29 is 18.8 Å². The molecule has 4 aromatic rings. The molecule has 4 rings (SSSR count). The van der Waals surface area contributed by atoms with Crippen LogP contribution in [0.5, 0.6) is 11.5 Å². The van der Waals surface area contributed by atoms with Crippen molar-refractivity contribution in [3.05, 3.63) is 64.6 Å². The quantitative estimate of drug-likeness (QED) is 0.511. The molecule has 0 aliphatic carbocycles. The van der Waals surface area contributed by atoms with Crippen LogP contribution in [-0.4, -0.2) is 35.1 Å². The fourth-order valence-electron chi connectivity index (χ4n) is 3.23. The van der Waals surface area contributed by atoms with Gasteiger partial charge in [0.05, 0.1) is 19.6 Å². The molecule has 2 heterocycles. The lowest BCUT2D eigenvalue weighted by Crippen LogP contribution is -2.30. The highest BCUT2D eigenvalue weighted by Gasteiger charge is 2.20. The smallest absolute Gasteiger partial charge is 0.297 e. The molecule has 0 atom stereocenters. The Kier molecular flexibility index (Phi) is 5.40. The SMILES string of the molecule is COc1ccc(NC(=O)Cn2nc(-c3cccc(OC)c3)c3c(C)onc3c2=O)cc1. The predicted octanol–water partition coefficient (Wildman–Crippen LogP) is 3.02. The molecule has 31 heavy (non-hydrogen) atoms. The fraction of sp³-hybridized carbons (Fsp3) is 0.182. The van der Waals surface area contributed by atoms with Crippen molar-refractivity contribution >= 4 is 22.5 Å². The number of aryl methyl sites for hydroxylation is 1. The van der Waals surface area contributed by atoms with Gasteiger partial charge in [-0.15, -0.1) is 0 Å². The van der Waals surface area contributed by atoms with Crippen molar-refractivity contribution in [2.24, 2.45) is 0 Å². The first kappa shape index (κ1) is 20.1. The zero-order valence-corrected chi connectivity index (χ0v) is 17.2. The molecule has 2 aromatic carbocycles. The molecule has 0 saturated carbocycles. The fourth-order valence-corrected chi connectivity index (χ4v) is 3.23. The molecular weight excluding hydrogens is 400 g/mol. The topological polar surface area (TPSA) is 108 Å². The number of fused-ring (bicyclic) bond motifs is 1. The van der Waals surface area contributed by atoms with Crippen LogP contribution in [0.25, 0.3) is 22.2 Å². The highest BCUT2D eigenvalue weighted by Crippen LogP contribution is 2.29. The monoisotopic (exact) mass is 420 g/mol. The Morgan fingerprint density at radius 3 is 2.55 bits per heavy atom. The zero-order valence-electron chi connectivity index (χ0n) is 17.2. The van der Waals surface area contributed by atoms with E-state index in [-0.39, 0.29) is 12.1 Å². The van der Waals surface area contributed by atoms with E-state index < -0.39 is 11.5 Å². The van der Waals surface area contributed by atoms with E-state index in [1.165, 1.54) is 0 Å². The van der Waals surface area contributed by atoms with Crippen LogP contribution in [0.4, 0.5) is 5.69 Å². The Labute approximate surface area is 177 Å². The number of amides is 1. The highest BCUT2D eigenvalue weighted by atomic mass is 16.5. The minimum Gasteiger partial charge on any atom is -0.497 e. The summed E-state index contributed by atoms with van der Waals surface area (Å²) in [6.07, 6.45) is 0. The highest BCUT2D eigenvalue weighted by molar-refractivity contribution is 5.94. The Balaban J connectivity index is 1.71. The number of aromatic nitrogens is 3. The van der Waals surface area contributed by atoms with Crippen LogP contribution < -0.4 is 20.3 Å². The van der Waals surface area contributed by atoms with E-state index in [1.807, 2.05) is 12.1 Å². The summed E-state index contributed by atoms with van der Waals surface area (Å²) in [5, 5.41) is 11.6. The second kappa shape index (κ2) is 8.31.